The summed E-state index contributed by atoms with van der Waals surface area (Å²) >= 11 is 10.7. The van der Waals surface area contributed by atoms with Crippen molar-refractivity contribution >= 4 is 40.3 Å². The van der Waals surface area contributed by atoms with E-state index in [0.717, 1.165) is 30.1 Å². The van der Waals surface area contributed by atoms with Gasteiger partial charge in [0.05, 0.1) is 16.4 Å². The molecule has 0 saturated carbocycles. The van der Waals surface area contributed by atoms with Crippen LogP contribution in [0.25, 0.3) is 0 Å². The molecule has 16 heavy (non-hydrogen) atoms. The maximum absolute atomic E-state index is 6.04. The van der Waals surface area contributed by atoms with Crippen molar-refractivity contribution in [2.75, 3.05) is 11.9 Å². The number of nitrogens with two attached hydrogens (primary N) is 1. The molecule has 1 aliphatic rings. The molecule has 0 aliphatic carbocycles. The number of rotatable bonds is 1. The van der Waals surface area contributed by atoms with Crippen molar-refractivity contribution < 1.29 is 0 Å². The second-order valence-electron chi connectivity index (χ2n) is 3.23. The highest BCUT2D eigenvalue weighted by molar-refractivity contribution is 7.80. The highest BCUT2D eigenvalue weighted by atomic mass is 35.5. The van der Waals surface area contributed by atoms with Crippen LogP contribution in [0.2, 0.25) is 5.02 Å². The summed E-state index contributed by atoms with van der Waals surface area (Å²) in [5.74, 6) is 0. The SMILES string of the molecule is NC(=S)N/N=C1/CCNc2c(Cl)ccnc21. The Kier molecular flexibility index (Phi) is 3.21. The lowest BCUT2D eigenvalue weighted by molar-refractivity contribution is 0.972. The Morgan fingerprint density at radius 1 is 1.69 bits per heavy atom. The van der Waals surface area contributed by atoms with Crippen LogP contribution in [0, 0.1) is 0 Å². The van der Waals surface area contributed by atoms with Crippen LogP contribution in [0.3, 0.4) is 0 Å². The van der Waals surface area contributed by atoms with E-state index < -0.39 is 0 Å². The van der Waals surface area contributed by atoms with E-state index in [0.29, 0.717) is 5.02 Å². The van der Waals surface area contributed by atoms with Crippen LogP contribution in [0.1, 0.15) is 12.1 Å². The van der Waals surface area contributed by atoms with Crippen LogP contribution < -0.4 is 16.5 Å². The maximum Gasteiger partial charge on any atom is 0.184 e. The maximum atomic E-state index is 6.04. The molecule has 2 rings (SSSR count). The zero-order chi connectivity index (χ0) is 11.5. The third-order valence-electron chi connectivity index (χ3n) is 2.14. The molecule has 0 amide bonds. The highest BCUT2D eigenvalue weighted by Crippen LogP contribution is 2.27. The molecule has 7 heteroatoms. The van der Waals surface area contributed by atoms with Crippen molar-refractivity contribution in [3.05, 3.63) is 23.0 Å². The molecule has 5 nitrogen and oxygen atoms in total. The van der Waals surface area contributed by atoms with E-state index in [1.54, 1.807) is 12.3 Å². The number of pyridine rings is 1. The molecule has 0 atom stereocenters. The van der Waals surface area contributed by atoms with Gasteiger partial charge in [0, 0.05) is 19.2 Å². The van der Waals surface area contributed by atoms with Crippen molar-refractivity contribution in [3.63, 3.8) is 0 Å². The Balaban J connectivity index is 2.37. The molecule has 0 aromatic carbocycles. The van der Waals surface area contributed by atoms with Gasteiger partial charge in [0.1, 0.15) is 5.69 Å². The Morgan fingerprint density at radius 3 is 3.25 bits per heavy atom. The van der Waals surface area contributed by atoms with Crippen LogP contribution in [-0.2, 0) is 0 Å². The van der Waals surface area contributed by atoms with Crippen molar-refractivity contribution in [1.82, 2.24) is 10.4 Å². The monoisotopic (exact) mass is 255 g/mol. The van der Waals surface area contributed by atoms with Gasteiger partial charge in [-0.05, 0) is 18.3 Å². The average Bonchev–Trinajstić information content (AvgIpc) is 2.27. The van der Waals surface area contributed by atoms with Gasteiger partial charge in [0.15, 0.2) is 5.11 Å². The predicted molar refractivity (Wildman–Crippen MR) is 68.8 cm³/mol. The van der Waals surface area contributed by atoms with Crippen LogP contribution in [0.4, 0.5) is 5.69 Å². The summed E-state index contributed by atoms with van der Waals surface area (Å²) in [5, 5.41) is 8.05. The summed E-state index contributed by atoms with van der Waals surface area (Å²) in [6, 6.07) is 1.73. The second-order valence-corrected chi connectivity index (χ2v) is 4.07. The third kappa shape index (κ3) is 2.23. The number of halogens is 1. The molecule has 0 unspecified atom stereocenters. The normalized spacial score (nSPS) is 16.4. The predicted octanol–water partition coefficient (Wildman–Crippen LogP) is 1.09. The van der Waals surface area contributed by atoms with Gasteiger partial charge >= 0.3 is 0 Å². The molecule has 84 valence electrons. The number of hydrogen-bond donors (Lipinski definition) is 3. The molecule has 4 N–H and O–H groups in total. The molecular weight excluding hydrogens is 246 g/mol. The molecule has 0 fully saturated rings. The van der Waals surface area contributed by atoms with Gasteiger partial charge in [-0.25, -0.2) is 0 Å². The number of fused-ring (bicyclic) bond motifs is 1. The quantitative estimate of drug-likeness (QED) is 0.517. The molecule has 1 aromatic heterocycles. The molecule has 1 aromatic rings. The fourth-order valence-electron chi connectivity index (χ4n) is 1.48. The van der Waals surface area contributed by atoms with Crippen LogP contribution >= 0.6 is 23.8 Å². The second kappa shape index (κ2) is 4.63. The van der Waals surface area contributed by atoms with Crippen molar-refractivity contribution in [3.8, 4) is 0 Å². The number of aromatic nitrogens is 1. The van der Waals surface area contributed by atoms with Gasteiger partial charge in [-0.1, -0.05) is 11.6 Å². The van der Waals surface area contributed by atoms with Gasteiger partial charge in [-0.15, -0.1) is 0 Å². The number of hydrogen-bond acceptors (Lipinski definition) is 4. The van der Waals surface area contributed by atoms with Crippen LogP contribution in [0.15, 0.2) is 17.4 Å². The number of hydrazone groups is 1. The minimum absolute atomic E-state index is 0.134. The third-order valence-corrected chi connectivity index (χ3v) is 2.54. The molecule has 0 bridgehead atoms. The number of nitrogens with one attached hydrogen (secondary N) is 2. The van der Waals surface area contributed by atoms with Gasteiger partial charge < -0.3 is 11.1 Å². The molecule has 0 radical (unpaired) electrons. The lowest BCUT2D eigenvalue weighted by Gasteiger charge is -2.19. The summed E-state index contributed by atoms with van der Waals surface area (Å²) in [6.07, 6.45) is 2.39. The summed E-state index contributed by atoms with van der Waals surface area (Å²) in [4.78, 5) is 4.24. The van der Waals surface area contributed by atoms with E-state index in [-0.39, 0.29) is 5.11 Å². The van der Waals surface area contributed by atoms with E-state index in [1.165, 1.54) is 0 Å². The summed E-state index contributed by atoms with van der Waals surface area (Å²) < 4.78 is 0. The molecular formula is C9H10ClN5S. The number of thiocarbonyl (C=S) groups is 1. The summed E-state index contributed by atoms with van der Waals surface area (Å²) in [7, 11) is 0. The summed E-state index contributed by atoms with van der Waals surface area (Å²) in [6.45, 7) is 0.760. The lowest BCUT2D eigenvalue weighted by Crippen LogP contribution is -2.28. The van der Waals surface area contributed by atoms with E-state index in [1.807, 2.05) is 0 Å². The van der Waals surface area contributed by atoms with Crippen LogP contribution in [-0.4, -0.2) is 22.4 Å². The lowest BCUT2D eigenvalue weighted by atomic mass is 10.1. The fourth-order valence-corrected chi connectivity index (χ4v) is 1.74. The van der Waals surface area contributed by atoms with E-state index in [9.17, 15) is 0 Å². The number of anilines is 1. The smallest absolute Gasteiger partial charge is 0.184 e. The first-order valence-electron chi connectivity index (χ1n) is 4.69. The van der Waals surface area contributed by atoms with Crippen molar-refractivity contribution in [2.24, 2.45) is 10.8 Å². The molecule has 0 spiro atoms. The first kappa shape index (κ1) is 11.1. The van der Waals surface area contributed by atoms with E-state index in [4.69, 9.17) is 17.3 Å². The van der Waals surface area contributed by atoms with Crippen molar-refractivity contribution in [2.45, 2.75) is 6.42 Å². The minimum Gasteiger partial charge on any atom is -0.382 e. The topological polar surface area (TPSA) is 75.3 Å². The Morgan fingerprint density at radius 2 is 2.50 bits per heavy atom. The average molecular weight is 256 g/mol. The Labute approximate surface area is 103 Å². The Bertz CT molecular complexity index is 459. The van der Waals surface area contributed by atoms with Crippen LogP contribution in [0.5, 0.6) is 0 Å². The van der Waals surface area contributed by atoms with Crippen molar-refractivity contribution in [1.29, 1.82) is 0 Å². The molecule has 0 saturated heterocycles. The highest BCUT2D eigenvalue weighted by Gasteiger charge is 2.18. The number of nitrogens with zero attached hydrogens (tertiary/aromatic N) is 2. The zero-order valence-electron chi connectivity index (χ0n) is 8.33. The fraction of sp³-hybridized carbons (Fsp3) is 0.222. The first-order chi connectivity index (χ1) is 7.68. The van der Waals surface area contributed by atoms with Gasteiger partial charge in [-0.2, -0.15) is 5.10 Å². The Hall–Kier alpha value is -1.40. The molecule has 2 heterocycles. The van der Waals surface area contributed by atoms with Gasteiger partial charge in [0.2, 0.25) is 0 Å². The largest absolute Gasteiger partial charge is 0.382 e. The standard InChI is InChI=1S/C9H10ClN5S/c10-5-1-3-13-8-6(14-15-9(11)16)2-4-12-7(5)8/h1,3,12H,2,4H2,(H3,11,15,16)/b14-6-. The van der Waals surface area contributed by atoms with Gasteiger partial charge in [0.25, 0.3) is 0 Å². The van der Waals surface area contributed by atoms with E-state index >= 15 is 0 Å². The zero-order valence-corrected chi connectivity index (χ0v) is 9.90. The van der Waals surface area contributed by atoms with E-state index in [2.05, 4.69) is 33.0 Å². The summed E-state index contributed by atoms with van der Waals surface area (Å²) in [5.41, 5.74) is 10.2. The minimum atomic E-state index is 0.134. The first-order valence-corrected chi connectivity index (χ1v) is 5.48. The molecule has 1 aliphatic heterocycles. The van der Waals surface area contributed by atoms with Gasteiger partial charge in [-0.3, -0.25) is 10.4 Å².